The van der Waals surface area contributed by atoms with Crippen LogP contribution in [-0.2, 0) is 0 Å². The highest BCUT2D eigenvalue weighted by atomic mass is 14.8. The zero-order valence-electron chi connectivity index (χ0n) is 22.8. The maximum Gasteiger partial charge on any atom is 0.0972 e. The number of pyridine rings is 2. The molecule has 0 radical (unpaired) electrons. The summed E-state index contributed by atoms with van der Waals surface area (Å²) in [7, 11) is 0. The molecule has 0 spiro atoms. The van der Waals surface area contributed by atoms with Gasteiger partial charge in [0.05, 0.1) is 22.4 Å². The zero-order chi connectivity index (χ0) is 27.6. The van der Waals surface area contributed by atoms with E-state index < -0.39 is 0 Å². The lowest BCUT2D eigenvalue weighted by Crippen LogP contribution is -1.93. The number of nitrogens with zero attached hydrogens (tertiary/aromatic N) is 2. The molecule has 0 amide bonds. The van der Waals surface area contributed by atoms with E-state index in [2.05, 4.69) is 140 Å². The average molecular weight is 533 g/mol. The fraction of sp³-hybridized carbons (Fsp3) is 0. The molecule has 0 fully saturated rings. The summed E-state index contributed by atoms with van der Waals surface area (Å²) in [5.74, 6) is 0. The number of benzene rings is 7. The minimum atomic E-state index is 0.926. The van der Waals surface area contributed by atoms with E-state index in [-0.39, 0.29) is 0 Å². The topological polar surface area (TPSA) is 25.8 Å². The molecule has 42 heavy (non-hydrogen) atoms. The monoisotopic (exact) mass is 532 g/mol. The van der Waals surface area contributed by atoms with Gasteiger partial charge in [-0.2, -0.15) is 0 Å². The van der Waals surface area contributed by atoms with E-state index in [4.69, 9.17) is 9.97 Å². The van der Waals surface area contributed by atoms with Gasteiger partial charge in [-0.05, 0) is 61.3 Å². The number of hydrogen-bond acceptors (Lipinski definition) is 2. The summed E-state index contributed by atoms with van der Waals surface area (Å²) in [6, 6.07) is 51.9. The van der Waals surface area contributed by atoms with Crippen molar-refractivity contribution in [2.45, 2.75) is 0 Å². The van der Waals surface area contributed by atoms with E-state index in [1.165, 1.54) is 43.1 Å². The minimum Gasteiger partial charge on any atom is -0.245 e. The van der Waals surface area contributed by atoms with Gasteiger partial charge in [0.15, 0.2) is 0 Å². The summed E-state index contributed by atoms with van der Waals surface area (Å²) in [6.45, 7) is 0. The largest absolute Gasteiger partial charge is 0.245 e. The van der Waals surface area contributed by atoms with Gasteiger partial charge in [-0.1, -0.05) is 127 Å². The number of aromatic nitrogens is 2. The molecule has 2 heteroatoms. The van der Waals surface area contributed by atoms with Gasteiger partial charge >= 0.3 is 0 Å². The van der Waals surface area contributed by atoms with Crippen LogP contribution in [0, 0.1) is 0 Å². The molecular weight excluding hydrogens is 508 g/mol. The van der Waals surface area contributed by atoms with Crippen LogP contribution in [0.1, 0.15) is 0 Å². The second-order valence-electron chi connectivity index (χ2n) is 11.0. The van der Waals surface area contributed by atoms with Crippen LogP contribution in [0.2, 0.25) is 0 Å². The first-order valence-corrected chi connectivity index (χ1v) is 14.3. The Morgan fingerprint density at radius 1 is 0.333 bits per heavy atom. The highest BCUT2D eigenvalue weighted by Gasteiger charge is 2.16. The minimum absolute atomic E-state index is 0.926. The maximum atomic E-state index is 5.35. The van der Waals surface area contributed by atoms with Crippen LogP contribution < -0.4 is 0 Å². The molecule has 0 unspecified atom stereocenters. The molecule has 9 aromatic rings. The molecule has 0 aliphatic carbocycles. The molecule has 0 aliphatic rings. The number of fused-ring (bicyclic) bond motifs is 11. The maximum absolute atomic E-state index is 5.35. The molecule has 0 saturated carbocycles. The van der Waals surface area contributed by atoms with E-state index in [1.54, 1.807) is 0 Å². The van der Waals surface area contributed by atoms with Crippen molar-refractivity contribution >= 4 is 64.9 Å². The van der Waals surface area contributed by atoms with Crippen molar-refractivity contribution in [1.29, 1.82) is 0 Å². The van der Waals surface area contributed by atoms with E-state index in [0.29, 0.717) is 0 Å². The van der Waals surface area contributed by atoms with Crippen LogP contribution in [0.4, 0.5) is 0 Å². The highest BCUT2D eigenvalue weighted by molar-refractivity contribution is 6.33. The predicted octanol–water partition coefficient (Wildman–Crippen LogP) is 10.7. The van der Waals surface area contributed by atoms with E-state index in [9.17, 15) is 0 Å². The number of rotatable bonds is 2. The standard InChI is InChI=1S/C40H24N2/c1-2-10-25(11-3-1)36-22-20-26-18-19-27-21-23-37(42-40(27)39(26)41-36)34-24-35-30-14-5-4-12-28(30)29-13-6-8-16-32(29)38(35)33-17-9-7-15-31(33)34/h1-24H. The summed E-state index contributed by atoms with van der Waals surface area (Å²) in [4.78, 5) is 10.5. The molecule has 0 bridgehead atoms. The van der Waals surface area contributed by atoms with Crippen LogP contribution in [0.5, 0.6) is 0 Å². The summed E-state index contributed by atoms with van der Waals surface area (Å²) >= 11 is 0. The van der Waals surface area contributed by atoms with Crippen molar-refractivity contribution in [1.82, 2.24) is 9.97 Å². The summed E-state index contributed by atoms with van der Waals surface area (Å²) in [6.07, 6.45) is 0. The van der Waals surface area contributed by atoms with Crippen LogP contribution in [-0.4, -0.2) is 9.97 Å². The Morgan fingerprint density at radius 2 is 0.786 bits per heavy atom. The quantitative estimate of drug-likeness (QED) is 0.207. The van der Waals surface area contributed by atoms with Crippen molar-refractivity contribution in [3.05, 3.63) is 146 Å². The third-order valence-electron chi connectivity index (χ3n) is 8.61. The van der Waals surface area contributed by atoms with E-state index in [0.717, 1.165) is 44.3 Å². The molecule has 0 atom stereocenters. The first kappa shape index (κ1) is 23.1. The van der Waals surface area contributed by atoms with Crippen molar-refractivity contribution in [3.63, 3.8) is 0 Å². The Kier molecular flexibility index (Phi) is 4.93. The Labute approximate surface area is 242 Å². The van der Waals surface area contributed by atoms with Crippen molar-refractivity contribution < 1.29 is 0 Å². The third kappa shape index (κ3) is 3.39. The molecule has 2 nitrogen and oxygen atoms in total. The molecular formula is C40H24N2. The zero-order valence-corrected chi connectivity index (χ0v) is 22.8. The lowest BCUT2D eigenvalue weighted by Gasteiger charge is -2.16. The van der Waals surface area contributed by atoms with Crippen LogP contribution in [0.25, 0.3) is 87.4 Å². The van der Waals surface area contributed by atoms with Gasteiger partial charge in [-0.25, -0.2) is 9.97 Å². The first-order chi connectivity index (χ1) is 20.8. The Hall–Kier alpha value is -5.60. The Bertz CT molecular complexity index is 2510. The van der Waals surface area contributed by atoms with Gasteiger partial charge in [0.25, 0.3) is 0 Å². The second-order valence-corrected chi connectivity index (χ2v) is 11.0. The SMILES string of the molecule is c1ccc(-c2ccc3ccc4ccc(-c5cc6c7ccccc7c7ccccc7c6c6ccccc56)nc4c3n2)cc1. The molecule has 0 saturated heterocycles. The molecule has 2 heterocycles. The van der Waals surface area contributed by atoms with E-state index in [1.807, 2.05) is 6.07 Å². The fourth-order valence-corrected chi connectivity index (χ4v) is 6.67. The van der Waals surface area contributed by atoms with Crippen molar-refractivity contribution in [2.75, 3.05) is 0 Å². The van der Waals surface area contributed by atoms with Gasteiger partial charge in [-0.3, -0.25) is 0 Å². The number of hydrogen-bond donors (Lipinski definition) is 0. The van der Waals surface area contributed by atoms with Crippen LogP contribution >= 0.6 is 0 Å². The van der Waals surface area contributed by atoms with Gasteiger partial charge in [0, 0.05) is 21.9 Å². The second kappa shape index (κ2) is 8.95. The predicted molar refractivity (Wildman–Crippen MR) is 178 cm³/mol. The smallest absolute Gasteiger partial charge is 0.0972 e. The Balaban J connectivity index is 1.38. The van der Waals surface area contributed by atoms with Gasteiger partial charge in [0.2, 0.25) is 0 Å². The third-order valence-corrected chi connectivity index (χ3v) is 8.61. The summed E-state index contributed by atoms with van der Waals surface area (Å²) < 4.78 is 0. The molecule has 0 N–H and O–H groups in total. The Morgan fingerprint density at radius 3 is 1.45 bits per heavy atom. The van der Waals surface area contributed by atoms with Crippen molar-refractivity contribution in [3.8, 4) is 22.5 Å². The molecule has 9 rings (SSSR count). The van der Waals surface area contributed by atoms with Crippen molar-refractivity contribution in [2.24, 2.45) is 0 Å². The van der Waals surface area contributed by atoms with Crippen LogP contribution in [0.15, 0.2) is 146 Å². The van der Waals surface area contributed by atoms with Gasteiger partial charge in [-0.15, -0.1) is 0 Å². The molecule has 2 aromatic heterocycles. The molecule has 7 aromatic carbocycles. The average Bonchev–Trinajstić information content (AvgIpc) is 3.07. The van der Waals surface area contributed by atoms with Gasteiger partial charge < -0.3 is 0 Å². The van der Waals surface area contributed by atoms with Gasteiger partial charge in [0.1, 0.15) is 0 Å². The lowest BCUT2D eigenvalue weighted by molar-refractivity contribution is 1.37. The first-order valence-electron chi connectivity index (χ1n) is 14.3. The molecule has 0 aliphatic heterocycles. The lowest BCUT2D eigenvalue weighted by atomic mass is 9.88. The normalized spacial score (nSPS) is 11.8. The fourth-order valence-electron chi connectivity index (χ4n) is 6.67. The van der Waals surface area contributed by atoms with Crippen LogP contribution in [0.3, 0.4) is 0 Å². The van der Waals surface area contributed by atoms with E-state index >= 15 is 0 Å². The summed E-state index contributed by atoms with van der Waals surface area (Å²) in [5.41, 5.74) is 6.01. The highest BCUT2D eigenvalue weighted by Crippen LogP contribution is 2.42. The molecule has 194 valence electrons. The summed E-state index contributed by atoms with van der Waals surface area (Å²) in [5, 5.41) is 12.3.